The lowest BCUT2D eigenvalue weighted by Crippen LogP contribution is -2.42. The second kappa shape index (κ2) is 6.81. The minimum atomic E-state index is -0.401. The van der Waals surface area contributed by atoms with E-state index in [4.69, 9.17) is 11.6 Å². The molecule has 6 heteroatoms. The van der Waals surface area contributed by atoms with E-state index in [9.17, 15) is 9.90 Å². The number of urea groups is 1. The van der Waals surface area contributed by atoms with Crippen LogP contribution in [0.15, 0.2) is 24.4 Å². The standard InChI is InChI=1S/C17H22ClN3O2/c1-21(10-16(22)11-2-3-11)17(23)19-7-6-12-9-20-15-5-4-13(18)8-14(12)15/h4-5,8-9,11,16,20,22H,2-3,6-7,10H2,1H3,(H,19,23). The van der Waals surface area contributed by atoms with Crippen molar-refractivity contribution in [1.82, 2.24) is 15.2 Å². The van der Waals surface area contributed by atoms with Crippen LogP contribution in [0.5, 0.6) is 0 Å². The first-order valence-corrected chi connectivity index (χ1v) is 8.35. The topological polar surface area (TPSA) is 68.4 Å². The van der Waals surface area contributed by atoms with Gasteiger partial charge in [0.2, 0.25) is 0 Å². The molecule has 1 aromatic heterocycles. The number of nitrogens with one attached hydrogen (secondary N) is 2. The maximum Gasteiger partial charge on any atom is 0.317 e. The molecule has 5 nitrogen and oxygen atoms in total. The van der Waals surface area contributed by atoms with Gasteiger partial charge in [0.25, 0.3) is 0 Å². The molecule has 0 spiro atoms. The summed E-state index contributed by atoms with van der Waals surface area (Å²) in [6.45, 7) is 0.932. The average Bonchev–Trinajstić information content (AvgIpc) is 3.30. The molecule has 1 fully saturated rings. The number of benzene rings is 1. The number of aliphatic hydroxyl groups excluding tert-OH is 1. The van der Waals surface area contributed by atoms with Gasteiger partial charge in [0.15, 0.2) is 0 Å². The van der Waals surface area contributed by atoms with Gasteiger partial charge in [-0.25, -0.2) is 4.79 Å². The maximum absolute atomic E-state index is 12.0. The summed E-state index contributed by atoms with van der Waals surface area (Å²) in [5.41, 5.74) is 2.17. The number of rotatable bonds is 6. The SMILES string of the molecule is CN(CC(O)C1CC1)C(=O)NCCc1c[nH]c2ccc(Cl)cc12. The molecule has 1 aromatic carbocycles. The normalized spacial score (nSPS) is 15.6. The van der Waals surface area contributed by atoms with E-state index < -0.39 is 6.10 Å². The van der Waals surface area contributed by atoms with E-state index in [1.165, 1.54) is 0 Å². The lowest BCUT2D eigenvalue weighted by molar-refractivity contribution is 0.113. The molecule has 2 aromatic rings. The molecule has 3 N–H and O–H groups in total. The van der Waals surface area contributed by atoms with Crippen molar-refractivity contribution in [3.05, 3.63) is 35.0 Å². The van der Waals surface area contributed by atoms with E-state index in [-0.39, 0.29) is 6.03 Å². The number of aromatic amines is 1. The van der Waals surface area contributed by atoms with Crippen LogP contribution in [-0.2, 0) is 6.42 Å². The van der Waals surface area contributed by atoms with E-state index in [2.05, 4.69) is 10.3 Å². The highest BCUT2D eigenvalue weighted by Crippen LogP contribution is 2.32. The number of amides is 2. The van der Waals surface area contributed by atoms with Gasteiger partial charge >= 0.3 is 6.03 Å². The Kier molecular flexibility index (Phi) is 4.78. The van der Waals surface area contributed by atoms with E-state index in [1.54, 1.807) is 11.9 Å². The summed E-state index contributed by atoms with van der Waals surface area (Å²) in [7, 11) is 1.71. The monoisotopic (exact) mass is 335 g/mol. The third kappa shape index (κ3) is 3.98. The van der Waals surface area contributed by atoms with Gasteiger partial charge in [-0.3, -0.25) is 0 Å². The zero-order valence-corrected chi connectivity index (χ0v) is 13.9. The lowest BCUT2D eigenvalue weighted by Gasteiger charge is -2.21. The zero-order valence-electron chi connectivity index (χ0n) is 13.2. The largest absolute Gasteiger partial charge is 0.391 e. The number of fused-ring (bicyclic) bond motifs is 1. The molecule has 0 bridgehead atoms. The van der Waals surface area contributed by atoms with E-state index in [0.29, 0.717) is 24.0 Å². The van der Waals surface area contributed by atoms with Crippen molar-refractivity contribution in [2.24, 2.45) is 5.92 Å². The third-order valence-corrected chi connectivity index (χ3v) is 4.61. The molecule has 1 aliphatic rings. The van der Waals surface area contributed by atoms with Crippen molar-refractivity contribution in [1.29, 1.82) is 0 Å². The fourth-order valence-corrected chi connectivity index (χ4v) is 2.96. The third-order valence-electron chi connectivity index (χ3n) is 4.37. The van der Waals surface area contributed by atoms with Crippen LogP contribution in [-0.4, -0.2) is 47.3 Å². The summed E-state index contributed by atoms with van der Waals surface area (Å²) < 4.78 is 0. The molecule has 0 radical (unpaired) electrons. The summed E-state index contributed by atoms with van der Waals surface area (Å²) in [5, 5.41) is 14.6. The molecule has 1 unspecified atom stereocenters. The molecule has 1 heterocycles. The minimum Gasteiger partial charge on any atom is -0.391 e. The fraction of sp³-hybridized carbons (Fsp3) is 0.471. The van der Waals surface area contributed by atoms with Gasteiger partial charge in [0.1, 0.15) is 0 Å². The molecule has 1 aliphatic carbocycles. The lowest BCUT2D eigenvalue weighted by atomic mass is 10.1. The highest BCUT2D eigenvalue weighted by atomic mass is 35.5. The van der Waals surface area contributed by atoms with Crippen molar-refractivity contribution < 1.29 is 9.90 Å². The average molecular weight is 336 g/mol. The van der Waals surface area contributed by atoms with Crippen molar-refractivity contribution in [2.75, 3.05) is 20.1 Å². The molecule has 1 saturated carbocycles. The Morgan fingerprint density at radius 1 is 1.52 bits per heavy atom. The molecule has 3 rings (SSSR count). The molecule has 0 aliphatic heterocycles. The first-order valence-electron chi connectivity index (χ1n) is 7.97. The predicted molar refractivity (Wildman–Crippen MR) is 91.8 cm³/mol. The van der Waals surface area contributed by atoms with Crippen molar-refractivity contribution in [2.45, 2.75) is 25.4 Å². The van der Waals surface area contributed by atoms with E-state index in [1.807, 2.05) is 24.4 Å². The number of nitrogens with zero attached hydrogens (tertiary/aromatic N) is 1. The Labute approximate surface area is 140 Å². The summed E-state index contributed by atoms with van der Waals surface area (Å²) in [5.74, 6) is 0.376. The number of aliphatic hydroxyl groups is 1. The van der Waals surface area contributed by atoms with E-state index >= 15 is 0 Å². The van der Waals surface area contributed by atoms with E-state index in [0.717, 1.165) is 35.7 Å². The zero-order chi connectivity index (χ0) is 16.4. The number of likely N-dealkylation sites (N-methyl/N-ethyl adjacent to an activating group) is 1. The van der Waals surface area contributed by atoms with Gasteiger partial charge in [-0.2, -0.15) is 0 Å². The van der Waals surface area contributed by atoms with Crippen molar-refractivity contribution in [3.63, 3.8) is 0 Å². The van der Waals surface area contributed by atoms with Gasteiger partial charge in [-0.1, -0.05) is 11.6 Å². The summed E-state index contributed by atoms with van der Waals surface area (Å²) in [6, 6.07) is 5.59. The fourth-order valence-electron chi connectivity index (χ4n) is 2.79. The smallest absolute Gasteiger partial charge is 0.317 e. The number of carbonyl (C=O) groups excluding carboxylic acids is 1. The summed E-state index contributed by atoms with van der Waals surface area (Å²) in [4.78, 5) is 16.8. The van der Waals surface area contributed by atoms with Crippen LogP contribution in [0.25, 0.3) is 10.9 Å². The molecular formula is C17H22ClN3O2. The molecule has 124 valence electrons. The second-order valence-corrected chi connectivity index (χ2v) is 6.71. The van der Waals surface area contributed by atoms with Crippen LogP contribution >= 0.6 is 11.6 Å². The molecule has 1 atom stereocenters. The van der Waals surface area contributed by atoms with Crippen LogP contribution in [0.2, 0.25) is 5.02 Å². The van der Waals surface area contributed by atoms with Gasteiger partial charge in [0, 0.05) is 42.3 Å². The second-order valence-electron chi connectivity index (χ2n) is 6.27. The van der Waals surface area contributed by atoms with Crippen LogP contribution < -0.4 is 5.32 Å². The molecule has 0 saturated heterocycles. The van der Waals surface area contributed by atoms with Gasteiger partial charge in [0.05, 0.1) is 6.10 Å². The Balaban J connectivity index is 1.49. The summed E-state index contributed by atoms with van der Waals surface area (Å²) >= 11 is 6.04. The number of hydrogen-bond acceptors (Lipinski definition) is 2. The highest BCUT2D eigenvalue weighted by Gasteiger charge is 2.31. The maximum atomic E-state index is 12.0. The summed E-state index contributed by atoms with van der Waals surface area (Å²) in [6.07, 6.45) is 4.42. The molecular weight excluding hydrogens is 314 g/mol. The first kappa shape index (κ1) is 16.1. The van der Waals surface area contributed by atoms with Gasteiger partial charge < -0.3 is 20.3 Å². The number of carbonyl (C=O) groups is 1. The number of halogens is 1. The van der Waals surface area contributed by atoms with Crippen LogP contribution in [0.3, 0.4) is 0 Å². The first-order chi connectivity index (χ1) is 11.0. The minimum absolute atomic E-state index is 0.150. The predicted octanol–water partition coefficient (Wildman–Crippen LogP) is 2.78. The van der Waals surface area contributed by atoms with Gasteiger partial charge in [-0.15, -0.1) is 0 Å². The van der Waals surface area contributed by atoms with Crippen molar-refractivity contribution >= 4 is 28.5 Å². The Morgan fingerprint density at radius 2 is 2.30 bits per heavy atom. The number of aromatic nitrogens is 1. The Bertz CT molecular complexity index is 696. The Hall–Kier alpha value is -1.72. The number of H-pyrrole nitrogens is 1. The number of hydrogen-bond donors (Lipinski definition) is 3. The Morgan fingerprint density at radius 3 is 3.04 bits per heavy atom. The van der Waals surface area contributed by atoms with Gasteiger partial charge in [-0.05, 0) is 48.9 Å². The highest BCUT2D eigenvalue weighted by molar-refractivity contribution is 6.31. The molecule has 23 heavy (non-hydrogen) atoms. The van der Waals surface area contributed by atoms with Crippen molar-refractivity contribution in [3.8, 4) is 0 Å². The molecule has 2 amide bonds. The van der Waals surface area contributed by atoms with Crippen LogP contribution in [0.1, 0.15) is 18.4 Å². The quantitative estimate of drug-likeness (QED) is 0.759. The van der Waals surface area contributed by atoms with Crippen LogP contribution in [0.4, 0.5) is 4.79 Å². The van der Waals surface area contributed by atoms with Crippen LogP contribution in [0, 0.1) is 5.92 Å².